The minimum Gasteiger partial charge on any atom is -0.462 e. The molecule has 1 aliphatic carbocycles. The summed E-state index contributed by atoms with van der Waals surface area (Å²) >= 11 is 0. The van der Waals surface area contributed by atoms with Gasteiger partial charge in [0.05, 0.1) is 5.60 Å². The van der Waals surface area contributed by atoms with Crippen molar-refractivity contribution in [1.29, 1.82) is 0 Å². The van der Waals surface area contributed by atoms with Crippen LogP contribution in [0.15, 0.2) is 0 Å². The predicted octanol–water partition coefficient (Wildman–Crippen LogP) is 1.21. The van der Waals surface area contributed by atoms with Crippen molar-refractivity contribution in [3.63, 3.8) is 0 Å². The fourth-order valence-electron chi connectivity index (χ4n) is 2.52. The molecule has 4 heteroatoms. The van der Waals surface area contributed by atoms with Crippen molar-refractivity contribution in [1.82, 2.24) is 0 Å². The second-order valence-electron chi connectivity index (χ2n) is 5.80. The van der Waals surface area contributed by atoms with Gasteiger partial charge in [-0.1, -0.05) is 0 Å². The molecule has 0 aromatic heterocycles. The van der Waals surface area contributed by atoms with E-state index in [1.807, 2.05) is 6.92 Å². The summed E-state index contributed by atoms with van der Waals surface area (Å²) in [6, 6.07) is 0. The molecule has 0 amide bonds. The first-order valence-corrected chi connectivity index (χ1v) is 5.80. The molecule has 1 fully saturated rings. The number of esters is 1. The van der Waals surface area contributed by atoms with Crippen LogP contribution in [0.25, 0.3) is 0 Å². The molecule has 0 spiro atoms. The highest BCUT2D eigenvalue weighted by molar-refractivity contribution is 5.66. The second-order valence-corrected chi connectivity index (χ2v) is 5.80. The van der Waals surface area contributed by atoms with Crippen LogP contribution in [-0.2, 0) is 9.53 Å². The SMILES string of the molecule is CC(=O)O[C@@H]1C[C@@](C)(N)CC[C@H]1C(C)(C)O. The Morgan fingerprint density at radius 3 is 2.56 bits per heavy atom. The molecule has 0 saturated heterocycles. The van der Waals surface area contributed by atoms with Crippen LogP contribution in [-0.4, -0.2) is 28.3 Å². The van der Waals surface area contributed by atoms with Crippen molar-refractivity contribution < 1.29 is 14.6 Å². The van der Waals surface area contributed by atoms with Crippen molar-refractivity contribution in [2.24, 2.45) is 11.7 Å². The lowest BCUT2D eigenvalue weighted by atomic mass is 9.70. The lowest BCUT2D eigenvalue weighted by Crippen LogP contribution is -2.52. The van der Waals surface area contributed by atoms with Crippen molar-refractivity contribution in [3.8, 4) is 0 Å². The van der Waals surface area contributed by atoms with Crippen LogP contribution in [0.4, 0.5) is 0 Å². The summed E-state index contributed by atoms with van der Waals surface area (Å²) in [5.41, 5.74) is 4.94. The van der Waals surface area contributed by atoms with Gasteiger partial charge in [-0.15, -0.1) is 0 Å². The molecular formula is C12H23NO3. The third kappa shape index (κ3) is 3.46. The van der Waals surface area contributed by atoms with E-state index in [1.54, 1.807) is 13.8 Å². The summed E-state index contributed by atoms with van der Waals surface area (Å²) < 4.78 is 5.29. The smallest absolute Gasteiger partial charge is 0.302 e. The molecule has 0 bridgehead atoms. The van der Waals surface area contributed by atoms with E-state index < -0.39 is 5.60 Å². The van der Waals surface area contributed by atoms with E-state index in [-0.39, 0.29) is 23.5 Å². The summed E-state index contributed by atoms with van der Waals surface area (Å²) in [5.74, 6) is -0.343. The van der Waals surface area contributed by atoms with Crippen LogP contribution in [0.3, 0.4) is 0 Å². The summed E-state index contributed by atoms with van der Waals surface area (Å²) in [5, 5.41) is 10.1. The Bertz CT molecular complexity index is 268. The van der Waals surface area contributed by atoms with E-state index >= 15 is 0 Å². The van der Waals surface area contributed by atoms with Gasteiger partial charge >= 0.3 is 5.97 Å². The molecule has 0 aromatic carbocycles. The summed E-state index contributed by atoms with van der Waals surface area (Å²) in [4.78, 5) is 11.1. The molecule has 1 aliphatic rings. The fourth-order valence-corrected chi connectivity index (χ4v) is 2.52. The van der Waals surface area contributed by atoms with Crippen molar-refractivity contribution >= 4 is 5.97 Å². The first kappa shape index (κ1) is 13.5. The van der Waals surface area contributed by atoms with E-state index in [1.165, 1.54) is 6.92 Å². The Morgan fingerprint density at radius 1 is 1.56 bits per heavy atom. The molecule has 4 nitrogen and oxygen atoms in total. The van der Waals surface area contributed by atoms with Gasteiger partial charge in [0.15, 0.2) is 0 Å². The third-order valence-corrected chi connectivity index (χ3v) is 3.37. The largest absolute Gasteiger partial charge is 0.462 e. The molecule has 0 unspecified atom stereocenters. The first-order chi connectivity index (χ1) is 7.12. The number of nitrogens with two attached hydrogens (primary N) is 1. The van der Waals surface area contributed by atoms with Gasteiger partial charge < -0.3 is 15.6 Å². The van der Waals surface area contributed by atoms with E-state index in [0.717, 1.165) is 12.8 Å². The highest BCUT2D eigenvalue weighted by Crippen LogP contribution is 2.38. The molecule has 1 rings (SSSR count). The van der Waals surface area contributed by atoms with Crippen LogP contribution in [0.5, 0.6) is 0 Å². The first-order valence-electron chi connectivity index (χ1n) is 5.80. The van der Waals surface area contributed by atoms with Gasteiger partial charge in [-0.05, 0) is 33.6 Å². The molecule has 16 heavy (non-hydrogen) atoms. The summed E-state index contributed by atoms with van der Waals surface area (Å²) in [6.07, 6.45) is 1.97. The standard InChI is InChI=1S/C12H23NO3/c1-8(14)16-10-7-12(4,13)6-5-9(10)11(2,3)15/h9-10,15H,5-7,13H2,1-4H3/t9-,10-,12+/m1/s1. The molecule has 0 heterocycles. The number of hydrogen-bond donors (Lipinski definition) is 2. The number of carbonyl (C=O) groups is 1. The molecule has 3 N–H and O–H groups in total. The van der Waals surface area contributed by atoms with Crippen LogP contribution in [0.1, 0.15) is 47.0 Å². The van der Waals surface area contributed by atoms with Gasteiger partial charge in [0.1, 0.15) is 6.10 Å². The Balaban J connectivity index is 2.80. The Labute approximate surface area is 97.2 Å². The van der Waals surface area contributed by atoms with E-state index in [9.17, 15) is 9.90 Å². The number of ether oxygens (including phenoxy) is 1. The van der Waals surface area contributed by atoms with Gasteiger partial charge in [-0.2, -0.15) is 0 Å². The zero-order valence-electron chi connectivity index (χ0n) is 10.6. The fraction of sp³-hybridized carbons (Fsp3) is 0.917. The number of hydrogen-bond acceptors (Lipinski definition) is 4. The lowest BCUT2D eigenvalue weighted by molar-refractivity contribution is -0.160. The third-order valence-electron chi connectivity index (χ3n) is 3.37. The zero-order chi connectivity index (χ0) is 12.6. The van der Waals surface area contributed by atoms with Crippen molar-refractivity contribution in [3.05, 3.63) is 0 Å². The van der Waals surface area contributed by atoms with Crippen LogP contribution in [0.2, 0.25) is 0 Å². The van der Waals surface area contributed by atoms with E-state index in [0.29, 0.717) is 6.42 Å². The highest BCUT2D eigenvalue weighted by atomic mass is 16.5. The Hall–Kier alpha value is -0.610. The van der Waals surface area contributed by atoms with Gasteiger partial charge in [0.25, 0.3) is 0 Å². The maximum absolute atomic E-state index is 11.1. The van der Waals surface area contributed by atoms with Gasteiger partial charge in [0.2, 0.25) is 0 Å². The predicted molar refractivity (Wildman–Crippen MR) is 61.8 cm³/mol. The monoisotopic (exact) mass is 229 g/mol. The maximum atomic E-state index is 11.1. The van der Waals surface area contributed by atoms with Gasteiger partial charge in [-0.3, -0.25) is 4.79 Å². The summed E-state index contributed by atoms with van der Waals surface area (Å²) in [7, 11) is 0. The number of carbonyl (C=O) groups excluding carboxylic acids is 1. The maximum Gasteiger partial charge on any atom is 0.302 e. The lowest BCUT2D eigenvalue weighted by Gasteiger charge is -2.44. The van der Waals surface area contributed by atoms with Crippen LogP contribution >= 0.6 is 0 Å². The molecule has 94 valence electrons. The average molecular weight is 229 g/mol. The molecule has 1 saturated carbocycles. The molecule has 3 atom stereocenters. The normalized spacial score (nSPS) is 35.9. The quantitative estimate of drug-likeness (QED) is 0.698. The zero-order valence-corrected chi connectivity index (χ0v) is 10.6. The van der Waals surface area contributed by atoms with Crippen LogP contribution < -0.4 is 5.73 Å². The van der Waals surface area contributed by atoms with E-state index in [2.05, 4.69) is 0 Å². The Kier molecular flexibility index (Phi) is 3.65. The molecule has 0 radical (unpaired) electrons. The molecule has 0 aliphatic heterocycles. The number of aliphatic hydroxyl groups is 1. The number of rotatable bonds is 2. The minimum atomic E-state index is -0.837. The van der Waals surface area contributed by atoms with Gasteiger partial charge in [0, 0.05) is 24.8 Å². The van der Waals surface area contributed by atoms with Gasteiger partial charge in [-0.25, -0.2) is 0 Å². The second kappa shape index (κ2) is 4.34. The van der Waals surface area contributed by atoms with Crippen molar-refractivity contribution in [2.75, 3.05) is 0 Å². The summed E-state index contributed by atoms with van der Waals surface area (Å²) in [6.45, 7) is 6.87. The Morgan fingerprint density at radius 2 is 2.12 bits per heavy atom. The minimum absolute atomic E-state index is 0.0342. The molecular weight excluding hydrogens is 206 g/mol. The average Bonchev–Trinajstić information content (AvgIpc) is 1.97. The van der Waals surface area contributed by atoms with Crippen LogP contribution in [0, 0.1) is 5.92 Å². The molecule has 0 aromatic rings. The highest BCUT2D eigenvalue weighted by Gasteiger charge is 2.43. The van der Waals surface area contributed by atoms with E-state index in [4.69, 9.17) is 10.5 Å². The van der Waals surface area contributed by atoms with Crippen molar-refractivity contribution in [2.45, 2.75) is 64.2 Å². The topological polar surface area (TPSA) is 72.5 Å².